The highest BCUT2D eigenvalue weighted by molar-refractivity contribution is 7.85. The summed E-state index contributed by atoms with van der Waals surface area (Å²) in [6.07, 6.45) is 8.71. The largest absolute Gasteiger partial charge is 0.368 e. The standard InChI is InChI=1S/C10H9N.CH4O3S/c1-2-4-10-6-8-11-7-5-9(10)3-1;1-5(2,3)4/h1-8,11H;1H3,(H,2,3,4). The van der Waals surface area contributed by atoms with Crippen molar-refractivity contribution >= 4 is 22.3 Å². The van der Waals surface area contributed by atoms with Gasteiger partial charge >= 0.3 is 0 Å². The minimum atomic E-state index is -3.67. The molecule has 2 N–H and O–H groups in total. The van der Waals surface area contributed by atoms with Gasteiger partial charge in [-0.1, -0.05) is 24.3 Å². The Kier molecular flexibility index (Phi) is 4.28. The Balaban J connectivity index is 0.000000221. The van der Waals surface area contributed by atoms with Gasteiger partial charge in [0, 0.05) is 12.4 Å². The highest BCUT2D eigenvalue weighted by Gasteiger charge is 1.94. The van der Waals surface area contributed by atoms with Gasteiger partial charge in [-0.3, -0.25) is 4.55 Å². The number of benzene rings is 1. The van der Waals surface area contributed by atoms with Gasteiger partial charge < -0.3 is 5.32 Å². The summed E-state index contributed by atoms with van der Waals surface area (Å²) in [5.74, 6) is 0. The van der Waals surface area contributed by atoms with Gasteiger partial charge in [0.1, 0.15) is 0 Å². The molecular weight excluding hydrogens is 226 g/mol. The normalized spacial score (nSPS) is 12.9. The minimum absolute atomic E-state index is 0.715. The SMILES string of the molecule is C1=Cc2ccccc2C=CN1.CS(=O)(=O)O. The Labute approximate surface area is 95.1 Å². The van der Waals surface area contributed by atoms with Crippen molar-refractivity contribution in [1.29, 1.82) is 0 Å². The van der Waals surface area contributed by atoms with Crippen LogP contribution in [0.2, 0.25) is 0 Å². The maximum Gasteiger partial charge on any atom is 0.261 e. The van der Waals surface area contributed by atoms with Crippen LogP contribution in [0.5, 0.6) is 0 Å². The maximum atomic E-state index is 9.19. The van der Waals surface area contributed by atoms with Crippen LogP contribution in [-0.2, 0) is 10.1 Å². The van der Waals surface area contributed by atoms with Crippen molar-refractivity contribution in [3.8, 4) is 0 Å². The predicted molar refractivity (Wildman–Crippen MR) is 65.1 cm³/mol. The summed E-state index contributed by atoms with van der Waals surface area (Å²) in [7, 11) is -3.67. The van der Waals surface area contributed by atoms with Crippen LogP contribution < -0.4 is 5.32 Å². The van der Waals surface area contributed by atoms with E-state index in [0.717, 1.165) is 0 Å². The number of nitrogens with one attached hydrogen (secondary N) is 1. The zero-order chi connectivity index (χ0) is 12.0. The van der Waals surface area contributed by atoms with E-state index in [1.54, 1.807) is 0 Å². The molecule has 2 rings (SSSR count). The Hall–Kier alpha value is -1.59. The molecule has 86 valence electrons. The summed E-state index contributed by atoms with van der Waals surface area (Å²) in [6, 6.07) is 8.29. The molecule has 0 amide bonds. The van der Waals surface area contributed by atoms with Crippen LogP contribution in [0.25, 0.3) is 12.2 Å². The molecule has 0 radical (unpaired) electrons. The Morgan fingerprint density at radius 3 is 1.81 bits per heavy atom. The lowest BCUT2D eigenvalue weighted by Gasteiger charge is -1.95. The zero-order valence-corrected chi connectivity index (χ0v) is 9.61. The topological polar surface area (TPSA) is 66.4 Å². The van der Waals surface area contributed by atoms with Gasteiger partial charge in [-0.25, -0.2) is 0 Å². The highest BCUT2D eigenvalue weighted by Crippen LogP contribution is 2.13. The van der Waals surface area contributed by atoms with E-state index < -0.39 is 10.1 Å². The summed E-state index contributed by atoms with van der Waals surface area (Å²) in [4.78, 5) is 0. The average Bonchev–Trinajstić information content (AvgIpc) is 2.39. The molecule has 0 spiro atoms. The minimum Gasteiger partial charge on any atom is -0.368 e. The monoisotopic (exact) mass is 239 g/mol. The van der Waals surface area contributed by atoms with Crippen molar-refractivity contribution in [2.24, 2.45) is 0 Å². The molecule has 4 nitrogen and oxygen atoms in total. The third-order valence-electron chi connectivity index (χ3n) is 1.71. The second-order valence-corrected chi connectivity index (χ2v) is 4.66. The predicted octanol–water partition coefficient (Wildman–Crippen LogP) is 1.74. The molecule has 16 heavy (non-hydrogen) atoms. The quantitative estimate of drug-likeness (QED) is 0.677. The van der Waals surface area contributed by atoms with E-state index in [0.29, 0.717) is 6.26 Å². The third-order valence-corrected chi connectivity index (χ3v) is 1.71. The average molecular weight is 239 g/mol. The van der Waals surface area contributed by atoms with Gasteiger partial charge in [0.25, 0.3) is 10.1 Å². The molecule has 0 unspecified atom stereocenters. The lowest BCUT2D eigenvalue weighted by Crippen LogP contribution is -1.88. The Morgan fingerprint density at radius 2 is 1.44 bits per heavy atom. The molecule has 1 aromatic rings. The Morgan fingerprint density at radius 1 is 1.06 bits per heavy atom. The third kappa shape index (κ3) is 5.33. The van der Waals surface area contributed by atoms with Crippen LogP contribution in [0.3, 0.4) is 0 Å². The number of hydrogen-bond acceptors (Lipinski definition) is 3. The first-order valence-corrected chi connectivity index (χ1v) is 6.42. The summed E-state index contributed by atoms with van der Waals surface area (Å²) >= 11 is 0. The molecule has 0 bridgehead atoms. The Bertz CT molecular complexity index is 465. The molecule has 1 aliphatic heterocycles. The summed E-state index contributed by atoms with van der Waals surface area (Å²) < 4.78 is 25.9. The van der Waals surface area contributed by atoms with Crippen LogP contribution in [0, 0.1) is 0 Å². The van der Waals surface area contributed by atoms with E-state index in [-0.39, 0.29) is 0 Å². The first-order chi connectivity index (χ1) is 7.47. The molecule has 5 heteroatoms. The second kappa shape index (κ2) is 5.48. The highest BCUT2D eigenvalue weighted by atomic mass is 32.2. The van der Waals surface area contributed by atoms with Crippen molar-refractivity contribution in [2.45, 2.75) is 0 Å². The number of hydrogen-bond donors (Lipinski definition) is 2. The van der Waals surface area contributed by atoms with Crippen molar-refractivity contribution in [3.63, 3.8) is 0 Å². The van der Waals surface area contributed by atoms with E-state index in [1.807, 2.05) is 24.5 Å². The van der Waals surface area contributed by atoms with E-state index in [1.165, 1.54) is 11.1 Å². The van der Waals surface area contributed by atoms with Gasteiger partial charge in [0.05, 0.1) is 6.26 Å². The fourth-order valence-electron chi connectivity index (χ4n) is 1.15. The summed E-state index contributed by atoms with van der Waals surface area (Å²) in [6.45, 7) is 0. The fraction of sp³-hybridized carbons (Fsp3) is 0.0909. The molecule has 0 atom stereocenters. The fourth-order valence-corrected chi connectivity index (χ4v) is 1.15. The molecule has 0 saturated heterocycles. The van der Waals surface area contributed by atoms with Crippen LogP contribution in [0.1, 0.15) is 11.1 Å². The molecule has 1 aliphatic rings. The van der Waals surface area contributed by atoms with Gasteiger partial charge in [-0.05, 0) is 23.3 Å². The van der Waals surface area contributed by atoms with Gasteiger partial charge in [-0.15, -0.1) is 0 Å². The van der Waals surface area contributed by atoms with Crippen LogP contribution in [0.15, 0.2) is 36.7 Å². The molecule has 1 heterocycles. The second-order valence-electron chi connectivity index (χ2n) is 3.20. The maximum absolute atomic E-state index is 9.19. The molecule has 0 saturated carbocycles. The van der Waals surface area contributed by atoms with Gasteiger partial charge in [0.15, 0.2) is 0 Å². The van der Waals surface area contributed by atoms with Crippen LogP contribution in [-0.4, -0.2) is 19.2 Å². The number of fused-ring (bicyclic) bond motifs is 1. The summed E-state index contributed by atoms with van der Waals surface area (Å²) in [5.41, 5.74) is 2.52. The smallest absolute Gasteiger partial charge is 0.261 e. The van der Waals surface area contributed by atoms with Crippen molar-refractivity contribution < 1.29 is 13.0 Å². The first-order valence-electron chi connectivity index (χ1n) is 4.57. The lowest BCUT2D eigenvalue weighted by molar-refractivity contribution is 0.490. The first kappa shape index (κ1) is 12.5. The van der Waals surface area contributed by atoms with Crippen LogP contribution in [0.4, 0.5) is 0 Å². The molecule has 0 aromatic heterocycles. The van der Waals surface area contributed by atoms with Crippen LogP contribution >= 0.6 is 0 Å². The van der Waals surface area contributed by atoms with Crippen molar-refractivity contribution in [1.82, 2.24) is 5.32 Å². The van der Waals surface area contributed by atoms with E-state index in [9.17, 15) is 8.42 Å². The van der Waals surface area contributed by atoms with E-state index in [4.69, 9.17) is 4.55 Å². The van der Waals surface area contributed by atoms with E-state index in [2.05, 4.69) is 29.6 Å². The van der Waals surface area contributed by atoms with Crippen molar-refractivity contribution in [2.75, 3.05) is 6.26 Å². The van der Waals surface area contributed by atoms with Gasteiger partial charge in [0.2, 0.25) is 0 Å². The summed E-state index contributed by atoms with van der Waals surface area (Å²) in [5, 5.41) is 3.03. The van der Waals surface area contributed by atoms with Gasteiger partial charge in [-0.2, -0.15) is 8.42 Å². The molecular formula is C11H13NO3S. The zero-order valence-electron chi connectivity index (χ0n) is 8.79. The number of rotatable bonds is 0. The van der Waals surface area contributed by atoms with E-state index >= 15 is 0 Å². The lowest BCUT2D eigenvalue weighted by atomic mass is 10.1. The molecule has 0 aliphatic carbocycles. The van der Waals surface area contributed by atoms with Crippen molar-refractivity contribution in [3.05, 3.63) is 47.8 Å². The molecule has 1 aromatic carbocycles. The molecule has 0 fully saturated rings.